The molecule has 1 aromatic heterocycles. The van der Waals surface area contributed by atoms with E-state index in [1.165, 1.54) is 31.9 Å². The predicted molar refractivity (Wildman–Crippen MR) is 65.7 cm³/mol. The Hall–Kier alpha value is -1.09. The molecule has 3 nitrogen and oxygen atoms in total. The highest BCUT2D eigenvalue weighted by Crippen LogP contribution is 2.33. The topological polar surface area (TPSA) is 19.4 Å². The Labute approximate surface area is 97.1 Å². The summed E-state index contributed by atoms with van der Waals surface area (Å²) in [4.78, 5) is 9.59. The highest BCUT2D eigenvalue weighted by molar-refractivity contribution is 5.43. The van der Waals surface area contributed by atoms with Gasteiger partial charge in [0.1, 0.15) is 5.82 Å². The minimum Gasteiger partial charge on any atom is -0.352 e. The van der Waals surface area contributed by atoms with Crippen molar-refractivity contribution in [3.63, 3.8) is 0 Å². The highest BCUT2D eigenvalue weighted by atomic mass is 15.3. The number of aromatic nitrogens is 1. The number of likely N-dealkylation sites (N-methyl/N-ethyl adjacent to an activating group) is 1. The molecule has 0 N–H and O–H groups in total. The lowest BCUT2D eigenvalue weighted by Crippen LogP contribution is -2.35. The molecule has 1 aromatic rings. The van der Waals surface area contributed by atoms with Crippen molar-refractivity contribution in [3.05, 3.63) is 23.9 Å². The van der Waals surface area contributed by atoms with Crippen molar-refractivity contribution in [2.24, 2.45) is 5.92 Å². The molecule has 0 spiro atoms. The number of aryl methyl sites for hydroxylation is 1. The first kappa shape index (κ1) is 10.1. The summed E-state index contributed by atoms with van der Waals surface area (Å²) in [6, 6.07) is 7.02. The molecule has 0 bridgehead atoms. The summed E-state index contributed by atoms with van der Waals surface area (Å²) < 4.78 is 0. The molecule has 3 heterocycles. The van der Waals surface area contributed by atoms with Crippen LogP contribution < -0.4 is 4.90 Å². The Balaban J connectivity index is 1.86. The quantitative estimate of drug-likeness (QED) is 0.711. The van der Waals surface area contributed by atoms with Crippen LogP contribution in [0.2, 0.25) is 0 Å². The van der Waals surface area contributed by atoms with Crippen LogP contribution in [0.1, 0.15) is 12.1 Å². The molecule has 0 aromatic carbocycles. The summed E-state index contributed by atoms with van der Waals surface area (Å²) in [6.45, 7) is 5.70. The van der Waals surface area contributed by atoms with Crippen molar-refractivity contribution in [1.82, 2.24) is 9.88 Å². The van der Waals surface area contributed by atoms with Gasteiger partial charge in [0, 0.05) is 31.4 Å². The molecule has 16 heavy (non-hydrogen) atoms. The molecule has 3 rings (SSSR count). The van der Waals surface area contributed by atoms with E-state index in [0.717, 1.165) is 11.6 Å². The third-order valence-electron chi connectivity index (χ3n) is 3.90. The first-order valence-corrected chi connectivity index (χ1v) is 6.13. The second kappa shape index (κ2) is 3.74. The van der Waals surface area contributed by atoms with Crippen LogP contribution in [0, 0.1) is 12.8 Å². The summed E-state index contributed by atoms with van der Waals surface area (Å²) in [7, 11) is 2.22. The van der Waals surface area contributed by atoms with Crippen LogP contribution in [0.25, 0.3) is 0 Å². The molecule has 2 aliphatic rings. The largest absolute Gasteiger partial charge is 0.352 e. The number of pyridine rings is 1. The number of hydrogen-bond donors (Lipinski definition) is 0. The maximum Gasteiger partial charge on any atom is 0.129 e. The summed E-state index contributed by atoms with van der Waals surface area (Å²) >= 11 is 0. The summed E-state index contributed by atoms with van der Waals surface area (Å²) in [6.07, 6.45) is 1.32. The van der Waals surface area contributed by atoms with Crippen molar-refractivity contribution in [1.29, 1.82) is 0 Å². The molecule has 0 unspecified atom stereocenters. The molecular weight excluding hydrogens is 198 g/mol. The zero-order valence-electron chi connectivity index (χ0n) is 10.1. The van der Waals surface area contributed by atoms with Crippen molar-refractivity contribution >= 4 is 5.82 Å². The van der Waals surface area contributed by atoms with E-state index >= 15 is 0 Å². The first-order chi connectivity index (χ1) is 7.74. The lowest BCUT2D eigenvalue weighted by Gasteiger charge is -2.25. The minimum absolute atomic E-state index is 0.694. The van der Waals surface area contributed by atoms with Gasteiger partial charge in [0.05, 0.1) is 0 Å². The fourth-order valence-corrected chi connectivity index (χ4v) is 3.15. The van der Waals surface area contributed by atoms with Crippen molar-refractivity contribution in [3.8, 4) is 0 Å². The van der Waals surface area contributed by atoms with Gasteiger partial charge in [0.25, 0.3) is 0 Å². The van der Waals surface area contributed by atoms with Gasteiger partial charge in [-0.15, -0.1) is 0 Å². The van der Waals surface area contributed by atoms with Gasteiger partial charge in [0.2, 0.25) is 0 Å². The Morgan fingerprint density at radius 2 is 2.19 bits per heavy atom. The Kier molecular flexibility index (Phi) is 2.36. The highest BCUT2D eigenvalue weighted by Gasteiger charge is 2.40. The minimum atomic E-state index is 0.694. The van der Waals surface area contributed by atoms with Gasteiger partial charge in [0.15, 0.2) is 0 Å². The van der Waals surface area contributed by atoms with Crippen LogP contribution >= 0.6 is 0 Å². The molecule has 2 aliphatic heterocycles. The molecule has 2 fully saturated rings. The van der Waals surface area contributed by atoms with Gasteiger partial charge in [-0.2, -0.15) is 0 Å². The van der Waals surface area contributed by atoms with Gasteiger partial charge >= 0.3 is 0 Å². The lowest BCUT2D eigenvalue weighted by molar-refractivity contribution is 0.386. The Morgan fingerprint density at radius 3 is 3.00 bits per heavy atom. The SMILES string of the molecule is Cc1cccc(N2CC[C@@H]3CN(C)C[C@@H]32)n1. The van der Waals surface area contributed by atoms with Crippen molar-refractivity contribution in [2.75, 3.05) is 31.6 Å². The third-order valence-corrected chi connectivity index (χ3v) is 3.90. The molecule has 2 atom stereocenters. The molecule has 86 valence electrons. The summed E-state index contributed by atoms with van der Waals surface area (Å²) in [5.41, 5.74) is 1.12. The number of rotatable bonds is 1. The number of likely N-dealkylation sites (tertiary alicyclic amines) is 1. The number of anilines is 1. The van der Waals surface area contributed by atoms with Gasteiger partial charge in [-0.3, -0.25) is 0 Å². The maximum absolute atomic E-state index is 4.65. The molecule has 2 saturated heterocycles. The van der Waals surface area contributed by atoms with E-state index in [1.54, 1.807) is 0 Å². The second-order valence-electron chi connectivity index (χ2n) is 5.17. The van der Waals surface area contributed by atoms with E-state index in [1.807, 2.05) is 0 Å². The van der Waals surface area contributed by atoms with Crippen LogP contribution in [-0.4, -0.2) is 42.6 Å². The van der Waals surface area contributed by atoms with Crippen LogP contribution in [0.5, 0.6) is 0 Å². The van der Waals surface area contributed by atoms with Crippen molar-refractivity contribution in [2.45, 2.75) is 19.4 Å². The van der Waals surface area contributed by atoms with Crippen molar-refractivity contribution < 1.29 is 0 Å². The van der Waals surface area contributed by atoms with Crippen LogP contribution in [0.4, 0.5) is 5.82 Å². The molecule has 0 radical (unpaired) electrons. The van der Waals surface area contributed by atoms with Gasteiger partial charge in [-0.1, -0.05) is 6.07 Å². The average Bonchev–Trinajstić information content (AvgIpc) is 2.76. The average molecular weight is 217 g/mol. The van der Waals surface area contributed by atoms with Gasteiger partial charge in [-0.25, -0.2) is 4.98 Å². The molecule has 0 amide bonds. The van der Waals surface area contributed by atoms with E-state index in [-0.39, 0.29) is 0 Å². The van der Waals surface area contributed by atoms with Gasteiger partial charge in [-0.05, 0) is 38.4 Å². The van der Waals surface area contributed by atoms with Crippen LogP contribution in [0.15, 0.2) is 18.2 Å². The number of fused-ring (bicyclic) bond motifs is 1. The standard InChI is InChI=1S/C13H19N3/c1-10-4-3-5-13(14-10)16-7-6-11-8-15(2)9-12(11)16/h3-5,11-12H,6-9H2,1-2H3/t11-,12+/m1/s1. The summed E-state index contributed by atoms with van der Waals surface area (Å²) in [5.74, 6) is 2.02. The Bertz CT molecular complexity index is 391. The normalized spacial score (nSPS) is 29.8. The maximum atomic E-state index is 4.65. The fraction of sp³-hybridized carbons (Fsp3) is 0.615. The molecule has 3 heteroatoms. The van der Waals surface area contributed by atoms with E-state index in [9.17, 15) is 0 Å². The first-order valence-electron chi connectivity index (χ1n) is 6.13. The zero-order valence-corrected chi connectivity index (χ0v) is 10.1. The predicted octanol–water partition coefficient (Wildman–Crippen LogP) is 1.53. The van der Waals surface area contributed by atoms with E-state index in [2.05, 4.69) is 47.0 Å². The van der Waals surface area contributed by atoms with Crippen LogP contribution in [0.3, 0.4) is 0 Å². The molecule has 0 aliphatic carbocycles. The zero-order chi connectivity index (χ0) is 11.1. The molecule has 0 saturated carbocycles. The third kappa shape index (κ3) is 1.59. The molecular formula is C13H19N3. The number of hydrogen-bond acceptors (Lipinski definition) is 3. The fourth-order valence-electron chi connectivity index (χ4n) is 3.15. The van der Waals surface area contributed by atoms with Crippen LogP contribution in [-0.2, 0) is 0 Å². The smallest absolute Gasteiger partial charge is 0.129 e. The van der Waals surface area contributed by atoms with E-state index in [0.29, 0.717) is 6.04 Å². The lowest BCUT2D eigenvalue weighted by atomic mass is 10.1. The van der Waals surface area contributed by atoms with E-state index in [4.69, 9.17) is 0 Å². The number of nitrogens with zero attached hydrogens (tertiary/aromatic N) is 3. The summed E-state index contributed by atoms with van der Waals surface area (Å²) in [5, 5.41) is 0. The van der Waals surface area contributed by atoms with E-state index < -0.39 is 0 Å². The second-order valence-corrected chi connectivity index (χ2v) is 5.17. The van der Waals surface area contributed by atoms with Gasteiger partial charge < -0.3 is 9.80 Å². The Morgan fingerprint density at radius 1 is 1.31 bits per heavy atom. The monoisotopic (exact) mass is 217 g/mol.